The van der Waals surface area contributed by atoms with E-state index >= 15 is 0 Å². The molecule has 0 aliphatic rings. The summed E-state index contributed by atoms with van der Waals surface area (Å²) in [6, 6.07) is 3.49. The molecule has 0 aliphatic heterocycles. The summed E-state index contributed by atoms with van der Waals surface area (Å²) in [5.74, 6) is 0.246. The van der Waals surface area contributed by atoms with Crippen LogP contribution in [0.15, 0.2) is 16.6 Å². The molecule has 0 atom stereocenters. The van der Waals surface area contributed by atoms with E-state index in [4.69, 9.17) is 4.74 Å². The third-order valence-corrected chi connectivity index (χ3v) is 3.15. The summed E-state index contributed by atoms with van der Waals surface area (Å²) in [5, 5.41) is 0.583. The van der Waals surface area contributed by atoms with Crippen LogP contribution in [0.2, 0.25) is 0 Å². The van der Waals surface area contributed by atoms with E-state index in [2.05, 4.69) is 36.6 Å². The van der Waals surface area contributed by atoms with Gasteiger partial charge in [-0.2, -0.15) is 0 Å². The zero-order chi connectivity index (χ0) is 11.4. The number of hydrogen-bond donors (Lipinski definition) is 0. The minimum absolute atomic E-state index is 0.366. The number of methoxy groups -OCH3 is 2. The Hall–Kier alpha value is -0.550. The van der Waals surface area contributed by atoms with Gasteiger partial charge in [-0.1, -0.05) is 15.9 Å². The summed E-state index contributed by atoms with van der Waals surface area (Å²) < 4.78 is 10.6. The van der Waals surface area contributed by atoms with E-state index in [1.165, 1.54) is 7.11 Å². The fourth-order valence-corrected chi connectivity index (χ4v) is 2.18. The number of hydrogen-bond acceptors (Lipinski definition) is 3. The van der Waals surface area contributed by atoms with E-state index in [0.29, 0.717) is 16.6 Å². The SMILES string of the molecule is COC(=O)c1cc(OC)c(Br)cc1CBr. The van der Waals surface area contributed by atoms with Crippen molar-refractivity contribution in [3.05, 3.63) is 27.7 Å². The van der Waals surface area contributed by atoms with Crippen LogP contribution in [0.4, 0.5) is 0 Å². The molecule has 0 aromatic heterocycles. The Bertz CT molecular complexity index is 377. The van der Waals surface area contributed by atoms with Gasteiger partial charge >= 0.3 is 5.97 Å². The molecule has 0 unspecified atom stereocenters. The molecule has 82 valence electrons. The first kappa shape index (κ1) is 12.5. The molecule has 0 saturated carbocycles. The lowest BCUT2D eigenvalue weighted by molar-refractivity contribution is 0.0599. The van der Waals surface area contributed by atoms with Crippen molar-refractivity contribution in [1.82, 2.24) is 0 Å². The predicted octanol–water partition coefficient (Wildman–Crippen LogP) is 3.14. The van der Waals surface area contributed by atoms with Crippen molar-refractivity contribution in [2.24, 2.45) is 0 Å². The second kappa shape index (κ2) is 5.51. The first-order chi connectivity index (χ1) is 7.13. The van der Waals surface area contributed by atoms with E-state index in [1.807, 2.05) is 6.07 Å². The molecule has 3 nitrogen and oxygen atoms in total. The van der Waals surface area contributed by atoms with Crippen LogP contribution in [0.3, 0.4) is 0 Å². The highest BCUT2D eigenvalue weighted by molar-refractivity contribution is 9.10. The van der Waals surface area contributed by atoms with Crippen molar-refractivity contribution in [3.8, 4) is 5.75 Å². The standard InChI is InChI=1S/C10H10Br2O3/c1-14-9-4-7(10(13)15-2)6(5-11)3-8(9)12/h3-4H,5H2,1-2H3. The monoisotopic (exact) mass is 336 g/mol. The lowest BCUT2D eigenvalue weighted by Gasteiger charge is -2.09. The van der Waals surface area contributed by atoms with Crippen molar-refractivity contribution in [2.45, 2.75) is 5.33 Å². The third kappa shape index (κ3) is 2.72. The summed E-state index contributed by atoms with van der Waals surface area (Å²) in [7, 11) is 2.91. The van der Waals surface area contributed by atoms with Crippen molar-refractivity contribution in [2.75, 3.05) is 14.2 Å². The summed E-state index contributed by atoms with van der Waals surface area (Å²) in [6.45, 7) is 0. The van der Waals surface area contributed by atoms with Crippen LogP contribution in [0.25, 0.3) is 0 Å². The number of alkyl halides is 1. The molecule has 0 radical (unpaired) electrons. The van der Waals surface area contributed by atoms with Gasteiger partial charge < -0.3 is 9.47 Å². The van der Waals surface area contributed by atoms with Gasteiger partial charge in [0, 0.05) is 5.33 Å². The normalized spacial score (nSPS) is 9.87. The Morgan fingerprint density at radius 1 is 1.40 bits per heavy atom. The summed E-state index contributed by atoms with van der Waals surface area (Å²) >= 11 is 6.67. The first-order valence-electron chi connectivity index (χ1n) is 4.14. The van der Waals surface area contributed by atoms with Crippen molar-refractivity contribution < 1.29 is 14.3 Å². The van der Waals surface area contributed by atoms with Gasteiger partial charge in [0.25, 0.3) is 0 Å². The van der Waals surface area contributed by atoms with E-state index < -0.39 is 0 Å². The van der Waals surface area contributed by atoms with Gasteiger partial charge in [0.2, 0.25) is 0 Å². The molecule has 5 heteroatoms. The quantitative estimate of drug-likeness (QED) is 0.628. The van der Waals surface area contributed by atoms with Gasteiger partial charge in [-0.3, -0.25) is 0 Å². The Morgan fingerprint density at radius 3 is 2.53 bits per heavy atom. The maximum absolute atomic E-state index is 11.5. The largest absolute Gasteiger partial charge is 0.496 e. The first-order valence-corrected chi connectivity index (χ1v) is 6.06. The molecule has 1 aromatic rings. The highest BCUT2D eigenvalue weighted by Crippen LogP contribution is 2.29. The number of carbonyl (C=O) groups is 1. The Labute approximate surface area is 105 Å². The van der Waals surface area contributed by atoms with Crippen LogP contribution in [-0.4, -0.2) is 20.2 Å². The van der Waals surface area contributed by atoms with E-state index in [9.17, 15) is 4.79 Å². The smallest absolute Gasteiger partial charge is 0.338 e. The van der Waals surface area contributed by atoms with Gasteiger partial charge in [0.15, 0.2) is 0 Å². The summed E-state index contributed by atoms with van der Waals surface area (Å²) in [5.41, 5.74) is 1.36. The third-order valence-electron chi connectivity index (χ3n) is 1.93. The fraction of sp³-hybridized carbons (Fsp3) is 0.300. The molecule has 1 aromatic carbocycles. The minimum Gasteiger partial charge on any atom is -0.496 e. The van der Waals surface area contributed by atoms with E-state index in [-0.39, 0.29) is 5.97 Å². The van der Waals surface area contributed by atoms with Crippen LogP contribution in [0.5, 0.6) is 5.75 Å². The van der Waals surface area contributed by atoms with Crippen molar-refractivity contribution >= 4 is 37.8 Å². The van der Waals surface area contributed by atoms with Crippen LogP contribution in [-0.2, 0) is 10.1 Å². The van der Waals surface area contributed by atoms with Crippen LogP contribution < -0.4 is 4.74 Å². The molecule has 0 spiro atoms. The number of ether oxygens (including phenoxy) is 2. The maximum Gasteiger partial charge on any atom is 0.338 e. The molecule has 0 bridgehead atoms. The highest BCUT2D eigenvalue weighted by atomic mass is 79.9. The molecule has 1 rings (SSSR count). The molecular weight excluding hydrogens is 328 g/mol. The number of rotatable bonds is 3. The van der Waals surface area contributed by atoms with Gasteiger partial charge in [0.1, 0.15) is 5.75 Å². The van der Waals surface area contributed by atoms with Crippen molar-refractivity contribution in [3.63, 3.8) is 0 Å². The molecule has 0 N–H and O–H groups in total. The molecule has 0 aliphatic carbocycles. The topological polar surface area (TPSA) is 35.5 Å². The Morgan fingerprint density at radius 2 is 2.07 bits per heavy atom. The Balaban J connectivity index is 3.28. The summed E-state index contributed by atoms with van der Waals surface area (Å²) in [4.78, 5) is 11.5. The average Bonchev–Trinajstić information content (AvgIpc) is 2.27. The number of benzene rings is 1. The van der Waals surface area contributed by atoms with Crippen LogP contribution >= 0.6 is 31.9 Å². The zero-order valence-corrected chi connectivity index (χ0v) is 11.5. The van der Waals surface area contributed by atoms with Gasteiger partial charge in [-0.05, 0) is 33.6 Å². The molecule has 15 heavy (non-hydrogen) atoms. The predicted molar refractivity (Wildman–Crippen MR) is 64.7 cm³/mol. The Kier molecular flexibility index (Phi) is 4.60. The average molecular weight is 338 g/mol. The highest BCUT2D eigenvalue weighted by Gasteiger charge is 2.14. The van der Waals surface area contributed by atoms with Gasteiger partial charge in [0.05, 0.1) is 24.3 Å². The lowest BCUT2D eigenvalue weighted by atomic mass is 10.1. The molecule has 0 amide bonds. The second-order valence-electron chi connectivity index (χ2n) is 2.77. The van der Waals surface area contributed by atoms with Crippen LogP contribution in [0.1, 0.15) is 15.9 Å². The van der Waals surface area contributed by atoms with Crippen LogP contribution in [0, 0.1) is 0 Å². The summed E-state index contributed by atoms with van der Waals surface area (Å²) in [6.07, 6.45) is 0. The molecular formula is C10H10Br2O3. The number of halogens is 2. The fourth-order valence-electron chi connectivity index (χ4n) is 1.16. The van der Waals surface area contributed by atoms with Gasteiger partial charge in [-0.15, -0.1) is 0 Å². The van der Waals surface area contributed by atoms with E-state index in [0.717, 1.165) is 10.0 Å². The maximum atomic E-state index is 11.5. The van der Waals surface area contributed by atoms with E-state index in [1.54, 1.807) is 13.2 Å². The zero-order valence-electron chi connectivity index (χ0n) is 8.34. The lowest BCUT2D eigenvalue weighted by Crippen LogP contribution is -2.05. The van der Waals surface area contributed by atoms with Gasteiger partial charge in [-0.25, -0.2) is 4.79 Å². The number of carbonyl (C=O) groups excluding carboxylic acids is 1. The minimum atomic E-state index is -0.366. The molecule has 0 heterocycles. The second-order valence-corrected chi connectivity index (χ2v) is 4.18. The molecule has 0 saturated heterocycles. The van der Waals surface area contributed by atoms with Crippen molar-refractivity contribution in [1.29, 1.82) is 0 Å². The molecule has 0 fully saturated rings. The number of esters is 1.